The first-order chi connectivity index (χ1) is 42.7. The third kappa shape index (κ3) is 23.0. The average Bonchev–Trinajstić information content (AvgIpc) is 1.10. The summed E-state index contributed by atoms with van der Waals surface area (Å²) in [6.45, 7) is 4.44. The molecule has 0 N–H and O–H groups in total. The molecule has 474 valence electrons. The number of non-ortho nitro benzene ring substituents is 4. The minimum absolute atomic E-state index is 0.000545. The van der Waals surface area contributed by atoms with Gasteiger partial charge in [-0.05, 0) is 49.1 Å². The van der Waals surface area contributed by atoms with E-state index in [9.17, 15) is 93.1 Å². The van der Waals surface area contributed by atoms with Crippen LogP contribution >= 0.6 is 0 Å². The van der Waals surface area contributed by atoms with E-state index in [2.05, 4.69) is 20.0 Å². The fraction of sp³-hybridized carbons (Fsp3) is 0.175. The van der Waals surface area contributed by atoms with Crippen LogP contribution in [0.15, 0.2) is 220 Å². The van der Waals surface area contributed by atoms with E-state index in [-0.39, 0.29) is 71.2 Å². The molecular weight excluding hydrogens is 1220 g/mol. The topological polar surface area (TPSA) is 222 Å². The molecule has 28 heteroatoms. The van der Waals surface area contributed by atoms with Gasteiger partial charge in [0.15, 0.2) is 0 Å². The summed E-state index contributed by atoms with van der Waals surface area (Å²) in [7, 11) is 0. The number of hydrogen-bond acceptors (Lipinski definition) is 12. The van der Waals surface area contributed by atoms with Gasteiger partial charge in [-0.1, -0.05) is 162 Å². The number of nitro benzene ring substituents is 4. The molecule has 0 saturated heterocycles. The minimum atomic E-state index is -4.57. The molecule has 0 aliphatic heterocycles. The van der Waals surface area contributed by atoms with Crippen LogP contribution in [0.4, 0.5) is 75.4 Å². The van der Waals surface area contributed by atoms with Gasteiger partial charge in [-0.25, -0.2) is 0 Å². The fourth-order valence-corrected chi connectivity index (χ4v) is 7.76. The van der Waals surface area contributed by atoms with Crippen LogP contribution in [-0.2, 0) is 26.2 Å². The molecule has 0 aliphatic rings. The molecule has 0 bridgehead atoms. The predicted molar refractivity (Wildman–Crippen MR) is 318 cm³/mol. The molecule has 0 radical (unpaired) electrons. The van der Waals surface area contributed by atoms with E-state index in [0.717, 1.165) is 11.1 Å². The summed E-state index contributed by atoms with van der Waals surface area (Å²) in [5.41, 5.74) is -0.101. The van der Waals surface area contributed by atoms with Crippen LogP contribution in [0.5, 0.6) is 0 Å². The van der Waals surface area contributed by atoms with Gasteiger partial charge in [0.1, 0.15) is 22.8 Å². The number of aryl methyl sites for hydroxylation is 3. The van der Waals surface area contributed by atoms with Crippen molar-refractivity contribution >= 4 is 45.6 Å². The summed E-state index contributed by atoms with van der Waals surface area (Å²) >= 11 is 0. The van der Waals surface area contributed by atoms with Gasteiger partial charge in [-0.15, -0.1) is 0 Å². The van der Waals surface area contributed by atoms with Crippen molar-refractivity contribution in [3.8, 4) is 0 Å². The van der Waals surface area contributed by atoms with Crippen molar-refractivity contribution in [2.45, 2.75) is 71.7 Å². The Hall–Kier alpha value is -10.8. The largest absolute Gasteiger partial charge is 0.433 e. The van der Waals surface area contributed by atoms with Crippen molar-refractivity contribution in [1.29, 1.82) is 0 Å². The molecule has 8 rings (SSSR count). The minimum Gasteiger partial charge on any atom is -0.275 e. The first kappa shape index (κ1) is 71.0. The molecular formula is C63H50F12N8O8. The smallest absolute Gasteiger partial charge is 0.275 e. The first-order valence-electron chi connectivity index (χ1n) is 26.4. The van der Waals surface area contributed by atoms with E-state index in [1.807, 2.05) is 0 Å². The van der Waals surface area contributed by atoms with Crippen LogP contribution in [0.2, 0.25) is 0 Å². The molecule has 0 unspecified atom stereocenters. The summed E-state index contributed by atoms with van der Waals surface area (Å²) in [6.07, 6.45) is -18.3. The molecule has 0 saturated carbocycles. The lowest BCUT2D eigenvalue weighted by atomic mass is 10.1. The van der Waals surface area contributed by atoms with Gasteiger partial charge in [0.05, 0.1) is 45.9 Å². The van der Waals surface area contributed by atoms with Crippen LogP contribution in [0, 0.1) is 61.2 Å². The van der Waals surface area contributed by atoms with Crippen LogP contribution in [0.3, 0.4) is 0 Å². The number of nitrogens with zero attached hydrogens (tertiary/aromatic N) is 8. The molecule has 0 fully saturated rings. The second kappa shape index (κ2) is 31.9. The maximum Gasteiger partial charge on any atom is 0.433 e. The summed E-state index contributed by atoms with van der Waals surface area (Å²) in [5.74, 6) is 0. The third-order valence-electron chi connectivity index (χ3n) is 12.3. The molecule has 8 aromatic rings. The number of nitro groups is 4. The van der Waals surface area contributed by atoms with E-state index in [1.165, 1.54) is 164 Å². The van der Waals surface area contributed by atoms with Gasteiger partial charge in [-0.3, -0.25) is 60.4 Å². The quantitative estimate of drug-likeness (QED) is 0.0391. The summed E-state index contributed by atoms with van der Waals surface area (Å²) in [4.78, 5) is 54.5. The SMILES string of the molecule is Cc1ccc(C(=NCc2ccc([N+](=O)[O-])cc2)C(F)(F)F)cc1.Cc1ccc(C(=NCc2ccc([N+](=O)[O-])cc2)C(F)(F)F)cc1.Cc1cccc(C(=NCc2ccc([N+](=O)[O-])cc2)C(F)(F)F)c1.O=[N+]([O-])c1ccc(CN=C(c2ccccc2)C(F)(F)F)cc1. The Labute approximate surface area is 510 Å². The van der Waals surface area contributed by atoms with Crippen LogP contribution in [-0.4, -0.2) is 67.2 Å². The van der Waals surface area contributed by atoms with Crippen molar-refractivity contribution in [3.05, 3.63) is 302 Å². The number of benzene rings is 8. The predicted octanol–water partition coefficient (Wildman–Crippen LogP) is 17.5. The maximum absolute atomic E-state index is 13.2. The summed E-state index contributed by atoms with van der Waals surface area (Å²) < 4.78 is 158. The number of hydrogen-bond donors (Lipinski definition) is 0. The highest BCUT2D eigenvalue weighted by atomic mass is 19.4. The van der Waals surface area contributed by atoms with Gasteiger partial charge in [0, 0.05) is 70.8 Å². The average molecular weight is 1280 g/mol. The maximum atomic E-state index is 13.2. The standard InChI is InChI=1S/3C16H13F3N2O2.C15H11F3N2O2/c2*1-11-2-6-13(7-3-11)15(16(17,18)19)20-10-12-4-8-14(9-5-12)21(22)23;1-11-3-2-4-13(9-11)15(16(17,18)19)20-10-12-5-7-14(8-6-12)21(22)23;16-15(17,18)14(12-4-2-1-3-5-12)19-10-11-6-8-13(9-7-11)20(21)22/h3*2-9H,10H2,1H3;1-9H,10H2. The second-order valence-corrected chi connectivity index (χ2v) is 19.3. The molecule has 91 heavy (non-hydrogen) atoms. The van der Waals surface area contributed by atoms with Crippen molar-refractivity contribution < 1.29 is 72.4 Å². The molecule has 8 aromatic carbocycles. The van der Waals surface area contributed by atoms with Crippen LogP contribution in [0.1, 0.15) is 61.2 Å². The highest BCUT2D eigenvalue weighted by Gasteiger charge is 2.39. The van der Waals surface area contributed by atoms with Gasteiger partial charge >= 0.3 is 24.7 Å². The van der Waals surface area contributed by atoms with Crippen molar-refractivity contribution in [2.24, 2.45) is 20.0 Å². The zero-order chi connectivity index (χ0) is 67.3. The molecule has 16 nitrogen and oxygen atoms in total. The van der Waals surface area contributed by atoms with Crippen LogP contribution in [0.25, 0.3) is 0 Å². The van der Waals surface area contributed by atoms with Gasteiger partial charge in [-0.2, -0.15) is 52.7 Å². The Morgan fingerprint density at radius 3 is 0.758 bits per heavy atom. The molecule has 0 aliphatic carbocycles. The monoisotopic (exact) mass is 1270 g/mol. The second-order valence-electron chi connectivity index (χ2n) is 19.3. The van der Waals surface area contributed by atoms with Gasteiger partial charge in [0.2, 0.25) is 0 Å². The molecule has 0 heterocycles. The van der Waals surface area contributed by atoms with E-state index < -0.39 is 67.2 Å². The van der Waals surface area contributed by atoms with E-state index in [0.29, 0.717) is 27.8 Å². The van der Waals surface area contributed by atoms with Crippen molar-refractivity contribution in [2.75, 3.05) is 0 Å². The number of aliphatic imine (C=N–C) groups is 4. The number of rotatable bonds is 16. The summed E-state index contributed by atoms with van der Waals surface area (Å²) in [6, 6.07) is 46.2. The normalized spacial score (nSPS) is 12.3. The first-order valence-corrected chi connectivity index (χ1v) is 26.4. The zero-order valence-corrected chi connectivity index (χ0v) is 47.8. The van der Waals surface area contributed by atoms with Crippen LogP contribution < -0.4 is 0 Å². The Morgan fingerprint density at radius 2 is 0.527 bits per heavy atom. The lowest BCUT2D eigenvalue weighted by Gasteiger charge is -2.11. The van der Waals surface area contributed by atoms with Gasteiger partial charge in [0.25, 0.3) is 22.7 Å². The Kier molecular flexibility index (Phi) is 24.9. The molecule has 0 atom stereocenters. The molecule has 0 spiro atoms. The molecule has 0 amide bonds. The highest BCUT2D eigenvalue weighted by molar-refractivity contribution is 6.06. The summed E-state index contributed by atoms with van der Waals surface area (Å²) in [5, 5.41) is 42.2. The Bertz CT molecular complexity index is 3750. The number of halogens is 12. The Balaban J connectivity index is 0.000000220. The van der Waals surface area contributed by atoms with Crippen molar-refractivity contribution in [1.82, 2.24) is 0 Å². The van der Waals surface area contributed by atoms with E-state index >= 15 is 0 Å². The lowest BCUT2D eigenvalue weighted by Crippen LogP contribution is -2.24. The van der Waals surface area contributed by atoms with E-state index in [4.69, 9.17) is 0 Å². The van der Waals surface area contributed by atoms with E-state index in [1.54, 1.807) is 57.2 Å². The molecule has 0 aromatic heterocycles. The zero-order valence-electron chi connectivity index (χ0n) is 47.8. The van der Waals surface area contributed by atoms with Crippen molar-refractivity contribution in [3.63, 3.8) is 0 Å². The lowest BCUT2D eigenvalue weighted by molar-refractivity contribution is -0.385. The van der Waals surface area contributed by atoms with Gasteiger partial charge < -0.3 is 0 Å². The fourth-order valence-electron chi connectivity index (χ4n) is 7.76. The highest BCUT2D eigenvalue weighted by Crippen LogP contribution is 2.29. The number of alkyl halides is 12. The third-order valence-corrected chi connectivity index (χ3v) is 12.3. The Morgan fingerprint density at radius 1 is 0.297 bits per heavy atom.